The van der Waals surface area contributed by atoms with E-state index in [0.717, 1.165) is 80.4 Å². The smallest absolute Gasteiger partial charge is 0.308 e. The van der Waals surface area contributed by atoms with Gasteiger partial charge in [0.2, 0.25) is 0 Å². The molecule has 3 aliphatic rings. The third-order valence-corrected chi connectivity index (χ3v) is 9.22. The summed E-state index contributed by atoms with van der Waals surface area (Å²) in [4.78, 5) is 21.2. The van der Waals surface area contributed by atoms with E-state index >= 15 is 0 Å². The van der Waals surface area contributed by atoms with E-state index in [9.17, 15) is 9.90 Å². The molecule has 1 atom stereocenters. The summed E-state index contributed by atoms with van der Waals surface area (Å²) in [7, 11) is 0. The Hall–Kier alpha value is -3.42. The lowest BCUT2D eigenvalue weighted by atomic mass is 9.94. The van der Waals surface area contributed by atoms with Crippen LogP contribution in [0.3, 0.4) is 0 Å². The van der Waals surface area contributed by atoms with Crippen molar-refractivity contribution < 1.29 is 19.4 Å². The molecule has 0 radical (unpaired) electrons. The number of carboxylic acid groups (broad SMARTS) is 1. The van der Waals surface area contributed by atoms with Crippen molar-refractivity contribution in [3.05, 3.63) is 76.3 Å². The molecule has 4 heterocycles. The fourth-order valence-corrected chi connectivity index (χ4v) is 6.69. The summed E-state index contributed by atoms with van der Waals surface area (Å²) >= 11 is 0. The number of carboxylic acids is 1. The van der Waals surface area contributed by atoms with E-state index in [1.165, 1.54) is 22.3 Å². The number of nitrogens with zero attached hydrogens (tertiary/aromatic N) is 3. The van der Waals surface area contributed by atoms with E-state index in [4.69, 9.17) is 14.5 Å². The molecule has 0 bridgehead atoms. The molecule has 0 amide bonds. The van der Waals surface area contributed by atoms with Gasteiger partial charge < -0.3 is 19.5 Å². The first kappa shape index (κ1) is 27.7. The molecule has 1 aromatic heterocycles. The summed E-state index contributed by atoms with van der Waals surface area (Å²) in [6.07, 6.45) is 5.12. The van der Waals surface area contributed by atoms with Gasteiger partial charge in [0, 0.05) is 51.0 Å². The maximum absolute atomic E-state index is 11.5. The Kier molecular flexibility index (Phi) is 8.26. The molecule has 0 aliphatic carbocycles. The molecule has 7 heteroatoms. The van der Waals surface area contributed by atoms with E-state index in [-0.39, 0.29) is 5.92 Å². The van der Waals surface area contributed by atoms with Crippen LogP contribution in [-0.2, 0) is 29.0 Å². The first-order chi connectivity index (χ1) is 20.0. The summed E-state index contributed by atoms with van der Waals surface area (Å²) in [5.41, 5.74) is 8.49. The highest BCUT2D eigenvalue weighted by Gasteiger charge is 2.29. The van der Waals surface area contributed by atoms with Crippen LogP contribution in [0.5, 0.6) is 5.75 Å². The van der Waals surface area contributed by atoms with Crippen LogP contribution in [0.1, 0.15) is 47.1 Å². The minimum Gasteiger partial charge on any atom is -0.488 e. The fourth-order valence-electron chi connectivity index (χ4n) is 6.69. The van der Waals surface area contributed by atoms with Crippen molar-refractivity contribution in [3.8, 4) is 17.0 Å². The van der Waals surface area contributed by atoms with Gasteiger partial charge in [0.05, 0.1) is 11.6 Å². The topological polar surface area (TPSA) is 75.1 Å². The van der Waals surface area contributed by atoms with E-state index in [2.05, 4.69) is 47.9 Å². The predicted octanol–water partition coefficient (Wildman–Crippen LogP) is 5.43. The molecule has 2 aromatic carbocycles. The first-order valence-corrected chi connectivity index (χ1v) is 15.1. The second kappa shape index (κ2) is 12.2. The van der Waals surface area contributed by atoms with Crippen LogP contribution < -0.4 is 9.64 Å². The Morgan fingerprint density at radius 1 is 1.02 bits per heavy atom. The number of fused-ring (bicyclic) bond motifs is 1. The molecule has 216 valence electrons. The van der Waals surface area contributed by atoms with Crippen LogP contribution >= 0.6 is 0 Å². The van der Waals surface area contributed by atoms with Gasteiger partial charge in [-0.3, -0.25) is 9.69 Å². The number of rotatable bonds is 7. The predicted molar refractivity (Wildman–Crippen MR) is 161 cm³/mol. The van der Waals surface area contributed by atoms with Crippen molar-refractivity contribution in [2.24, 2.45) is 5.92 Å². The second-order valence-electron chi connectivity index (χ2n) is 11.8. The second-order valence-corrected chi connectivity index (χ2v) is 11.8. The van der Waals surface area contributed by atoms with Crippen LogP contribution in [0.25, 0.3) is 11.3 Å². The Balaban J connectivity index is 1.18. The zero-order chi connectivity index (χ0) is 28.3. The first-order valence-electron chi connectivity index (χ1n) is 15.1. The van der Waals surface area contributed by atoms with Gasteiger partial charge in [-0.1, -0.05) is 29.8 Å². The maximum Gasteiger partial charge on any atom is 0.308 e. The average Bonchev–Trinajstić information content (AvgIpc) is 3.40. The van der Waals surface area contributed by atoms with E-state index in [1.807, 2.05) is 24.3 Å². The number of hydrogen-bond donors (Lipinski definition) is 1. The van der Waals surface area contributed by atoms with Crippen LogP contribution in [0.2, 0.25) is 0 Å². The van der Waals surface area contributed by atoms with Gasteiger partial charge in [-0.25, -0.2) is 4.98 Å². The zero-order valence-electron chi connectivity index (χ0n) is 24.3. The number of ether oxygens (including phenoxy) is 2. The molecule has 0 spiro atoms. The summed E-state index contributed by atoms with van der Waals surface area (Å²) in [6.45, 7) is 10.0. The minimum atomic E-state index is -0.734. The fraction of sp³-hybridized carbons (Fsp3) is 0.471. The Morgan fingerprint density at radius 2 is 1.85 bits per heavy atom. The lowest BCUT2D eigenvalue weighted by Crippen LogP contribution is -2.40. The number of benzene rings is 2. The Labute approximate surface area is 243 Å². The quantitative estimate of drug-likeness (QED) is 0.416. The molecule has 6 rings (SSSR count). The third-order valence-electron chi connectivity index (χ3n) is 9.22. The van der Waals surface area contributed by atoms with Crippen molar-refractivity contribution in [3.63, 3.8) is 0 Å². The lowest BCUT2D eigenvalue weighted by Gasteiger charge is -2.33. The molecule has 3 aliphatic heterocycles. The van der Waals surface area contributed by atoms with Gasteiger partial charge in [-0.2, -0.15) is 0 Å². The summed E-state index contributed by atoms with van der Waals surface area (Å²) in [6, 6.07) is 17.4. The van der Waals surface area contributed by atoms with Crippen molar-refractivity contribution in [1.29, 1.82) is 0 Å². The molecule has 2 saturated heterocycles. The molecule has 2 fully saturated rings. The summed E-state index contributed by atoms with van der Waals surface area (Å²) in [5, 5.41) is 9.43. The van der Waals surface area contributed by atoms with Gasteiger partial charge in [-0.05, 0) is 92.5 Å². The summed E-state index contributed by atoms with van der Waals surface area (Å²) < 4.78 is 12.1. The van der Waals surface area contributed by atoms with Crippen molar-refractivity contribution in [2.75, 3.05) is 44.3 Å². The number of aromatic nitrogens is 1. The SMILES string of the molecule is Cc1ccc(OCc2ccc3c(c2C)CCN(C2CCOCC2)CC3)c(-c2cccc(N3CCC(C(=O)O)C3)n2)c1. The molecule has 7 nitrogen and oxygen atoms in total. The summed E-state index contributed by atoms with van der Waals surface area (Å²) in [5.74, 6) is 0.551. The molecule has 1 unspecified atom stereocenters. The monoisotopic (exact) mass is 555 g/mol. The minimum absolute atomic E-state index is 0.340. The molecule has 1 N–H and O–H groups in total. The Bertz CT molecular complexity index is 1400. The van der Waals surface area contributed by atoms with Crippen LogP contribution in [0.4, 0.5) is 5.82 Å². The van der Waals surface area contributed by atoms with Crippen LogP contribution in [-0.4, -0.2) is 66.4 Å². The van der Waals surface area contributed by atoms with E-state index in [0.29, 0.717) is 32.2 Å². The third kappa shape index (κ3) is 6.11. The highest BCUT2D eigenvalue weighted by molar-refractivity contribution is 5.73. The Morgan fingerprint density at radius 3 is 2.66 bits per heavy atom. The van der Waals surface area contributed by atoms with E-state index < -0.39 is 5.97 Å². The number of aliphatic carboxylic acids is 1. The largest absolute Gasteiger partial charge is 0.488 e. The zero-order valence-corrected chi connectivity index (χ0v) is 24.3. The highest BCUT2D eigenvalue weighted by Crippen LogP contribution is 2.33. The van der Waals surface area contributed by atoms with Crippen molar-refractivity contribution in [1.82, 2.24) is 9.88 Å². The number of hydrogen-bond acceptors (Lipinski definition) is 6. The number of carbonyl (C=O) groups is 1. The molecular formula is C34H41N3O4. The van der Waals surface area contributed by atoms with Crippen LogP contribution in [0.15, 0.2) is 48.5 Å². The van der Waals surface area contributed by atoms with Gasteiger partial charge in [0.15, 0.2) is 0 Å². The number of anilines is 1. The molecule has 0 saturated carbocycles. The average molecular weight is 556 g/mol. The normalized spacial score (nSPS) is 20.0. The standard InChI is InChI=1S/C34H41N3O4/c1-23-6-9-32(30(20-23)31-4-3-5-33(35-31)37-16-11-26(21-37)34(38)39)41-22-27-8-7-25-10-15-36(17-12-29(25)24(27)2)28-13-18-40-19-14-28/h3-9,20,26,28H,10-19,21-22H2,1-2H3,(H,38,39). The van der Waals surface area contributed by atoms with Gasteiger partial charge >= 0.3 is 5.97 Å². The van der Waals surface area contributed by atoms with Crippen LogP contribution in [0, 0.1) is 19.8 Å². The highest BCUT2D eigenvalue weighted by atomic mass is 16.5. The van der Waals surface area contributed by atoms with Gasteiger partial charge in [-0.15, -0.1) is 0 Å². The van der Waals surface area contributed by atoms with Crippen molar-refractivity contribution in [2.45, 2.75) is 58.6 Å². The molecular weight excluding hydrogens is 514 g/mol. The lowest BCUT2D eigenvalue weighted by molar-refractivity contribution is -0.140. The number of aryl methyl sites for hydroxylation is 1. The van der Waals surface area contributed by atoms with Crippen molar-refractivity contribution >= 4 is 11.8 Å². The molecule has 3 aromatic rings. The van der Waals surface area contributed by atoms with Gasteiger partial charge in [0.25, 0.3) is 0 Å². The number of pyridine rings is 1. The van der Waals surface area contributed by atoms with E-state index in [1.54, 1.807) is 0 Å². The molecule has 41 heavy (non-hydrogen) atoms. The maximum atomic E-state index is 11.5. The van der Waals surface area contributed by atoms with Gasteiger partial charge in [0.1, 0.15) is 18.2 Å².